The summed E-state index contributed by atoms with van der Waals surface area (Å²) in [5.41, 5.74) is 14.1. The van der Waals surface area contributed by atoms with Gasteiger partial charge in [-0.25, -0.2) is 33.7 Å². The predicted molar refractivity (Wildman–Crippen MR) is 188 cm³/mol. The quantitative estimate of drug-likeness (QED) is 0.160. The normalized spacial score (nSPS) is 10.9. The van der Waals surface area contributed by atoms with Crippen LogP contribution >= 0.6 is 0 Å². The molecule has 49 heavy (non-hydrogen) atoms. The van der Waals surface area contributed by atoms with E-state index in [4.69, 9.17) is 15.7 Å². The number of nitriles is 1. The van der Waals surface area contributed by atoms with Gasteiger partial charge in [-0.1, -0.05) is 0 Å². The van der Waals surface area contributed by atoms with E-state index in [1.54, 1.807) is 52.9 Å². The largest absolute Gasteiger partial charge is 0.378 e. The monoisotopic (exact) mass is 655 g/mol. The highest BCUT2D eigenvalue weighted by Gasteiger charge is 2.29. The van der Waals surface area contributed by atoms with Crippen LogP contribution in [0.4, 0.5) is 33.3 Å². The molecular weight excluding hydrogens is 621 g/mol. The van der Waals surface area contributed by atoms with Crippen LogP contribution in [0, 0.1) is 44.8 Å². The van der Waals surface area contributed by atoms with Crippen molar-refractivity contribution in [3.63, 3.8) is 0 Å². The van der Waals surface area contributed by atoms with Gasteiger partial charge in [0.05, 0.1) is 11.4 Å². The summed E-state index contributed by atoms with van der Waals surface area (Å²) >= 11 is 0. The number of nitrogens with zero attached hydrogens (tertiary/aromatic N) is 8. The zero-order valence-electron chi connectivity index (χ0n) is 27.9. The maximum absolute atomic E-state index is 13.4. The minimum absolute atomic E-state index is 0.200. The van der Waals surface area contributed by atoms with Crippen LogP contribution in [0.1, 0.15) is 38.7 Å². The summed E-state index contributed by atoms with van der Waals surface area (Å²) in [6, 6.07) is 19.6. The van der Waals surface area contributed by atoms with Gasteiger partial charge in [0.15, 0.2) is 0 Å². The summed E-state index contributed by atoms with van der Waals surface area (Å²) in [5.74, 6) is -0.353. The zero-order chi connectivity index (χ0) is 35.0. The third-order valence-corrected chi connectivity index (χ3v) is 8.35. The van der Waals surface area contributed by atoms with Gasteiger partial charge < -0.3 is 21.3 Å². The molecule has 13 heteroatoms. The maximum atomic E-state index is 13.4. The predicted octanol–water partition coefficient (Wildman–Crippen LogP) is 6.41. The maximum Gasteiger partial charge on any atom is 0.267 e. The van der Waals surface area contributed by atoms with Crippen LogP contribution in [0.2, 0.25) is 0 Å². The van der Waals surface area contributed by atoms with E-state index in [-0.39, 0.29) is 17.5 Å². The minimum atomic E-state index is -0.671. The van der Waals surface area contributed by atoms with Crippen molar-refractivity contribution in [2.45, 2.75) is 27.7 Å². The van der Waals surface area contributed by atoms with Crippen LogP contribution in [-0.4, -0.2) is 49.3 Å². The number of hydrogen-bond donors (Lipinski definition) is 3. The molecule has 0 radical (unpaired) electrons. The van der Waals surface area contributed by atoms with Gasteiger partial charge in [0.2, 0.25) is 11.9 Å². The first kappa shape index (κ1) is 32.4. The number of halogens is 1. The SMILES string of the molecule is Cc1c(-c2ccnc(Nc3ccc(N(C)C)cc3)n2)c(C)n(-n2c(C)c(-c3ccnc(Nc4ccc(F)cc4)n3)c(C)c2C(N)=O)c1C#N. The molecule has 0 aliphatic rings. The lowest BCUT2D eigenvalue weighted by Gasteiger charge is -2.16. The highest BCUT2D eigenvalue weighted by atomic mass is 19.1. The Morgan fingerprint density at radius 3 is 1.76 bits per heavy atom. The van der Waals surface area contributed by atoms with E-state index in [0.717, 1.165) is 16.9 Å². The molecule has 0 atom stereocenters. The molecule has 0 bridgehead atoms. The fourth-order valence-corrected chi connectivity index (χ4v) is 6.07. The molecular formula is C36H34FN11O. The molecule has 4 heterocycles. The molecule has 4 N–H and O–H groups in total. The molecule has 0 unspecified atom stereocenters. The van der Waals surface area contributed by atoms with Crippen LogP contribution in [0.15, 0.2) is 73.1 Å². The molecule has 0 saturated heterocycles. The van der Waals surface area contributed by atoms with Crippen molar-refractivity contribution in [1.29, 1.82) is 5.26 Å². The molecule has 12 nitrogen and oxygen atoms in total. The summed E-state index contributed by atoms with van der Waals surface area (Å²) in [6.45, 7) is 7.35. The smallest absolute Gasteiger partial charge is 0.267 e. The molecule has 4 aromatic heterocycles. The standard InChI is InChI=1S/C36H34FN11O/c1-20-30(19-38)47(22(3)31(20)28-15-17-40-36(44-28)43-26-11-13-27(14-12-26)46(5)6)48-23(4)32(21(2)33(48)34(39)49)29-16-18-41-35(45-29)42-25-9-7-24(37)8-10-25/h7-18H,1-6H3,(H2,39,49)(H,40,43,44)(H,41,42,45). The van der Waals surface area contributed by atoms with Crippen molar-refractivity contribution in [2.24, 2.45) is 5.73 Å². The van der Waals surface area contributed by atoms with Crippen molar-refractivity contribution in [3.05, 3.63) is 113 Å². The third-order valence-electron chi connectivity index (χ3n) is 8.35. The highest BCUT2D eigenvalue weighted by Crippen LogP contribution is 2.36. The van der Waals surface area contributed by atoms with E-state index in [1.807, 2.05) is 64.0 Å². The summed E-state index contributed by atoms with van der Waals surface area (Å²) < 4.78 is 16.8. The molecule has 6 rings (SSSR count). The topological polar surface area (TPSA) is 156 Å². The second-order valence-electron chi connectivity index (χ2n) is 11.7. The highest BCUT2D eigenvalue weighted by molar-refractivity contribution is 5.96. The number of carbonyl (C=O) groups is 1. The Balaban J connectivity index is 1.44. The Morgan fingerprint density at radius 2 is 1.27 bits per heavy atom. The number of rotatable bonds is 9. The van der Waals surface area contributed by atoms with E-state index in [0.29, 0.717) is 56.8 Å². The lowest BCUT2D eigenvalue weighted by molar-refractivity contribution is 0.0989. The second-order valence-corrected chi connectivity index (χ2v) is 11.7. The zero-order valence-corrected chi connectivity index (χ0v) is 27.9. The Labute approximate surface area is 282 Å². The van der Waals surface area contributed by atoms with Gasteiger partial charge in [-0.3, -0.25) is 4.79 Å². The Kier molecular flexibility index (Phi) is 8.54. The van der Waals surface area contributed by atoms with Gasteiger partial charge in [0.1, 0.15) is 23.3 Å². The number of carbonyl (C=O) groups excluding carboxylic acids is 1. The molecule has 0 fully saturated rings. The van der Waals surface area contributed by atoms with Crippen molar-refractivity contribution in [1.82, 2.24) is 29.3 Å². The van der Waals surface area contributed by atoms with Crippen LogP contribution in [0.25, 0.3) is 22.5 Å². The number of hydrogen-bond acceptors (Lipinski definition) is 9. The lowest BCUT2D eigenvalue weighted by Crippen LogP contribution is -2.24. The van der Waals surface area contributed by atoms with E-state index in [2.05, 4.69) is 26.7 Å². The van der Waals surface area contributed by atoms with Crippen LogP contribution in [0.5, 0.6) is 0 Å². The Morgan fingerprint density at radius 1 is 0.776 bits per heavy atom. The van der Waals surface area contributed by atoms with Gasteiger partial charge >= 0.3 is 0 Å². The van der Waals surface area contributed by atoms with Crippen molar-refractivity contribution < 1.29 is 9.18 Å². The van der Waals surface area contributed by atoms with Gasteiger partial charge in [-0.05, 0) is 99.5 Å². The first-order chi connectivity index (χ1) is 23.5. The number of amides is 1. The molecule has 1 amide bonds. The van der Waals surface area contributed by atoms with Gasteiger partial charge in [-0.15, -0.1) is 0 Å². The second kappa shape index (κ2) is 12.9. The summed E-state index contributed by atoms with van der Waals surface area (Å²) in [4.78, 5) is 33.3. The van der Waals surface area contributed by atoms with Crippen LogP contribution in [0.3, 0.4) is 0 Å². The number of anilines is 5. The molecule has 6 aromatic rings. The lowest BCUT2D eigenvalue weighted by atomic mass is 10.1. The van der Waals surface area contributed by atoms with Gasteiger partial charge in [-0.2, -0.15) is 5.26 Å². The molecule has 0 aliphatic heterocycles. The average Bonchev–Trinajstić information content (AvgIpc) is 3.48. The Hall–Kier alpha value is -6.55. The fraction of sp³-hybridized carbons (Fsp3) is 0.167. The number of primary amides is 1. The first-order valence-electron chi connectivity index (χ1n) is 15.4. The fourth-order valence-electron chi connectivity index (χ4n) is 6.07. The minimum Gasteiger partial charge on any atom is -0.378 e. The number of benzene rings is 2. The first-order valence-corrected chi connectivity index (χ1v) is 15.4. The number of nitrogens with two attached hydrogens (primary N) is 1. The van der Waals surface area contributed by atoms with Gasteiger partial charge in [0, 0.05) is 66.1 Å². The number of nitrogens with one attached hydrogen (secondary N) is 2. The van der Waals surface area contributed by atoms with E-state index < -0.39 is 5.91 Å². The summed E-state index contributed by atoms with van der Waals surface area (Å²) in [5, 5.41) is 16.8. The van der Waals surface area contributed by atoms with E-state index in [9.17, 15) is 14.4 Å². The van der Waals surface area contributed by atoms with Gasteiger partial charge in [0.25, 0.3) is 5.91 Å². The summed E-state index contributed by atoms with van der Waals surface area (Å²) in [6.07, 6.45) is 3.25. The summed E-state index contributed by atoms with van der Waals surface area (Å²) in [7, 11) is 3.96. The van der Waals surface area contributed by atoms with E-state index >= 15 is 0 Å². The molecule has 246 valence electrons. The third kappa shape index (κ3) is 6.03. The van der Waals surface area contributed by atoms with Crippen LogP contribution < -0.4 is 21.3 Å². The van der Waals surface area contributed by atoms with Crippen LogP contribution in [-0.2, 0) is 0 Å². The van der Waals surface area contributed by atoms with Crippen molar-refractivity contribution in [2.75, 3.05) is 29.6 Å². The Bertz CT molecular complexity index is 2250. The average molecular weight is 656 g/mol. The number of aromatic nitrogens is 6. The molecule has 0 spiro atoms. The molecule has 2 aromatic carbocycles. The molecule has 0 saturated carbocycles. The van der Waals surface area contributed by atoms with Crippen molar-refractivity contribution >= 4 is 34.9 Å². The van der Waals surface area contributed by atoms with Crippen molar-refractivity contribution in [3.8, 4) is 28.6 Å². The van der Waals surface area contributed by atoms with E-state index in [1.165, 1.54) is 12.1 Å². The molecule has 0 aliphatic carbocycles.